The summed E-state index contributed by atoms with van der Waals surface area (Å²) in [7, 11) is 4.51. The van der Waals surface area contributed by atoms with E-state index in [0.29, 0.717) is 39.8 Å². The van der Waals surface area contributed by atoms with Crippen LogP contribution in [0.4, 0.5) is 4.39 Å². The van der Waals surface area contributed by atoms with Gasteiger partial charge in [-0.25, -0.2) is 4.39 Å². The van der Waals surface area contributed by atoms with E-state index < -0.39 is 5.82 Å². The van der Waals surface area contributed by atoms with Crippen LogP contribution in [-0.4, -0.2) is 37.3 Å². The van der Waals surface area contributed by atoms with Gasteiger partial charge in [-0.2, -0.15) is 5.10 Å². The minimum atomic E-state index is -0.444. The number of ketones is 1. The van der Waals surface area contributed by atoms with Gasteiger partial charge in [-0.1, -0.05) is 0 Å². The van der Waals surface area contributed by atoms with Gasteiger partial charge < -0.3 is 14.2 Å². The normalized spacial score (nSPS) is 10.9. The number of hydrogen-bond donors (Lipinski definition) is 1. The van der Waals surface area contributed by atoms with Gasteiger partial charge in [-0.15, -0.1) is 0 Å². The molecule has 144 valence electrons. The van der Waals surface area contributed by atoms with E-state index in [-0.39, 0.29) is 5.78 Å². The van der Waals surface area contributed by atoms with E-state index in [1.54, 1.807) is 42.5 Å². The van der Waals surface area contributed by atoms with Crippen molar-refractivity contribution in [2.24, 2.45) is 0 Å². The van der Waals surface area contributed by atoms with Crippen LogP contribution in [0, 0.1) is 5.82 Å². The van der Waals surface area contributed by atoms with Crippen LogP contribution in [-0.2, 0) is 0 Å². The monoisotopic (exact) mass is 382 g/mol. The van der Waals surface area contributed by atoms with Gasteiger partial charge in [-0.05, 0) is 42.5 Å². The fraction of sp³-hybridized carbons (Fsp3) is 0.143. The van der Waals surface area contributed by atoms with Crippen LogP contribution in [0.3, 0.4) is 0 Å². The predicted molar refractivity (Wildman–Crippen MR) is 103 cm³/mol. The Balaban J connectivity index is 1.80. The summed E-state index contributed by atoms with van der Waals surface area (Å²) >= 11 is 0. The number of benzene rings is 2. The van der Waals surface area contributed by atoms with Gasteiger partial charge in [0.05, 0.1) is 32.7 Å². The highest BCUT2D eigenvalue weighted by molar-refractivity contribution is 6.07. The molecule has 6 nitrogen and oxygen atoms in total. The van der Waals surface area contributed by atoms with E-state index in [1.165, 1.54) is 33.5 Å². The van der Waals surface area contributed by atoms with Gasteiger partial charge >= 0.3 is 0 Å². The number of hydrogen-bond acceptors (Lipinski definition) is 5. The molecule has 3 rings (SSSR count). The molecule has 7 heteroatoms. The number of nitrogens with one attached hydrogen (secondary N) is 1. The molecule has 2 aromatic carbocycles. The number of rotatable bonds is 7. The van der Waals surface area contributed by atoms with Crippen LogP contribution < -0.4 is 14.2 Å². The molecule has 0 bridgehead atoms. The van der Waals surface area contributed by atoms with Crippen molar-refractivity contribution in [3.63, 3.8) is 0 Å². The zero-order chi connectivity index (χ0) is 20.1. The van der Waals surface area contributed by atoms with Crippen molar-refractivity contribution in [3.05, 3.63) is 65.6 Å². The summed E-state index contributed by atoms with van der Waals surface area (Å²) in [6, 6.07) is 11.1. The average molecular weight is 382 g/mol. The molecule has 0 spiro atoms. The third kappa shape index (κ3) is 4.20. The molecule has 1 N–H and O–H groups in total. The van der Waals surface area contributed by atoms with Gasteiger partial charge in [0.15, 0.2) is 5.78 Å². The summed E-state index contributed by atoms with van der Waals surface area (Å²) in [5.74, 6) is 0.797. The molecular weight excluding hydrogens is 363 g/mol. The molecule has 0 aliphatic heterocycles. The first-order chi connectivity index (χ1) is 13.5. The Morgan fingerprint density at radius 1 is 0.964 bits per heavy atom. The number of ether oxygens (including phenoxy) is 3. The summed E-state index contributed by atoms with van der Waals surface area (Å²) in [5.41, 5.74) is 1.75. The van der Waals surface area contributed by atoms with Crippen LogP contribution in [0.1, 0.15) is 16.1 Å². The summed E-state index contributed by atoms with van der Waals surface area (Å²) in [4.78, 5) is 12.4. The lowest BCUT2D eigenvalue weighted by Gasteiger charge is -2.06. The fourth-order valence-electron chi connectivity index (χ4n) is 2.60. The number of carbonyl (C=O) groups is 1. The fourth-order valence-corrected chi connectivity index (χ4v) is 2.60. The maximum Gasteiger partial charge on any atom is 0.186 e. The lowest BCUT2D eigenvalue weighted by atomic mass is 10.1. The van der Waals surface area contributed by atoms with Crippen molar-refractivity contribution in [3.8, 4) is 28.5 Å². The van der Waals surface area contributed by atoms with Crippen LogP contribution in [0.25, 0.3) is 17.3 Å². The van der Waals surface area contributed by atoms with Crippen molar-refractivity contribution in [1.82, 2.24) is 10.2 Å². The molecule has 0 saturated heterocycles. The van der Waals surface area contributed by atoms with Gasteiger partial charge in [-0.3, -0.25) is 9.89 Å². The molecule has 0 aliphatic carbocycles. The number of halogens is 1. The van der Waals surface area contributed by atoms with Crippen LogP contribution in [0.5, 0.6) is 17.2 Å². The Kier molecular flexibility index (Phi) is 5.74. The van der Waals surface area contributed by atoms with E-state index in [9.17, 15) is 9.18 Å². The third-order valence-electron chi connectivity index (χ3n) is 4.10. The molecule has 0 atom stereocenters. The number of aromatic amines is 1. The number of allylic oxidation sites excluding steroid dienone is 1. The highest BCUT2D eigenvalue weighted by atomic mass is 19.1. The second-order valence-corrected chi connectivity index (χ2v) is 5.85. The lowest BCUT2D eigenvalue weighted by Crippen LogP contribution is -1.97. The van der Waals surface area contributed by atoms with Crippen LogP contribution in [0.15, 0.2) is 48.5 Å². The zero-order valence-electron chi connectivity index (χ0n) is 15.7. The third-order valence-corrected chi connectivity index (χ3v) is 4.10. The second kappa shape index (κ2) is 8.39. The Hall–Kier alpha value is -3.61. The molecular formula is C21H19FN2O4. The topological polar surface area (TPSA) is 73.4 Å². The second-order valence-electron chi connectivity index (χ2n) is 5.85. The summed E-state index contributed by atoms with van der Waals surface area (Å²) in [6.07, 6.45) is 2.97. The number of nitrogens with zero attached hydrogens (tertiary/aromatic N) is 1. The van der Waals surface area contributed by atoms with Gasteiger partial charge in [0.2, 0.25) is 0 Å². The SMILES string of the molecule is COc1cc(OC)cc(C(=O)/C=C/c2cc(-c3ccc(OC)cc3F)n[nH]2)c1. The van der Waals surface area contributed by atoms with E-state index in [1.807, 2.05) is 0 Å². The first kappa shape index (κ1) is 19.2. The van der Waals surface area contributed by atoms with Crippen molar-refractivity contribution >= 4 is 11.9 Å². The number of aromatic nitrogens is 2. The molecule has 1 aromatic heterocycles. The molecule has 28 heavy (non-hydrogen) atoms. The van der Waals surface area contributed by atoms with Gasteiger partial charge in [0.1, 0.15) is 23.1 Å². The molecule has 3 aromatic rings. The highest BCUT2D eigenvalue weighted by Gasteiger charge is 2.11. The Bertz CT molecular complexity index is 1000. The first-order valence-corrected chi connectivity index (χ1v) is 8.39. The van der Waals surface area contributed by atoms with Gasteiger partial charge in [0.25, 0.3) is 0 Å². The number of H-pyrrole nitrogens is 1. The van der Waals surface area contributed by atoms with Crippen LogP contribution >= 0.6 is 0 Å². The standard InChI is InChI=1S/C21H19FN2O4/c1-26-15-5-6-18(19(22)12-15)20-10-14(23-24-20)4-7-21(25)13-8-16(27-2)11-17(9-13)28-3/h4-12H,1-3H3,(H,23,24)/b7-4+. The number of carbonyl (C=O) groups excluding carboxylic acids is 1. The molecule has 0 unspecified atom stereocenters. The highest BCUT2D eigenvalue weighted by Crippen LogP contribution is 2.26. The molecule has 0 radical (unpaired) electrons. The molecule has 0 fully saturated rings. The van der Waals surface area contributed by atoms with E-state index in [2.05, 4.69) is 10.2 Å². The van der Waals surface area contributed by atoms with Gasteiger partial charge in [0, 0.05) is 23.3 Å². The molecule has 0 aliphatic rings. The summed E-state index contributed by atoms with van der Waals surface area (Å²) in [6.45, 7) is 0. The van der Waals surface area contributed by atoms with Crippen molar-refractivity contribution < 1.29 is 23.4 Å². The zero-order valence-corrected chi connectivity index (χ0v) is 15.7. The molecule has 1 heterocycles. The average Bonchev–Trinajstić information content (AvgIpc) is 3.19. The van der Waals surface area contributed by atoms with E-state index in [0.717, 1.165) is 0 Å². The lowest BCUT2D eigenvalue weighted by molar-refractivity contribution is 0.104. The van der Waals surface area contributed by atoms with Crippen molar-refractivity contribution in [1.29, 1.82) is 0 Å². The predicted octanol–water partition coefficient (Wildman–Crippen LogP) is 4.14. The Labute approximate surface area is 161 Å². The Morgan fingerprint density at radius 3 is 2.25 bits per heavy atom. The minimum Gasteiger partial charge on any atom is -0.497 e. The molecule has 0 saturated carbocycles. The minimum absolute atomic E-state index is 0.232. The Morgan fingerprint density at radius 2 is 1.64 bits per heavy atom. The smallest absolute Gasteiger partial charge is 0.186 e. The first-order valence-electron chi connectivity index (χ1n) is 8.39. The molecule has 0 amide bonds. The summed E-state index contributed by atoms with van der Waals surface area (Å²) in [5, 5.41) is 6.88. The largest absolute Gasteiger partial charge is 0.497 e. The van der Waals surface area contributed by atoms with Crippen LogP contribution in [0.2, 0.25) is 0 Å². The number of methoxy groups -OCH3 is 3. The maximum atomic E-state index is 14.2. The van der Waals surface area contributed by atoms with Crippen molar-refractivity contribution in [2.45, 2.75) is 0 Å². The van der Waals surface area contributed by atoms with E-state index >= 15 is 0 Å². The quantitative estimate of drug-likeness (QED) is 0.491. The maximum absolute atomic E-state index is 14.2. The van der Waals surface area contributed by atoms with E-state index in [4.69, 9.17) is 14.2 Å². The van der Waals surface area contributed by atoms with Crippen molar-refractivity contribution in [2.75, 3.05) is 21.3 Å². The summed E-state index contributed by atoms with van der Waals surface area (Å²) < 4.78 is 29.5.